The Morgan fingerprint density at radius 2 is 1.63 bits per heavy atom. The van der Waals surface area contributed by atoms with E-state index in [-0.39, 0.29) is 40.1 Å². The van der Waals surface area contributed by atoms with Gasteiger partial charge in [0.2, 0.25) is 5.91 Å². The predicted octanol–water partition coefficient (Wildman–Crippen LogP) is 6.92. The van der Waals surface area contributed by atoms with Crippen molar-refractivity contribution in [1.82, 2.24) is 10.3 Å². The highest BCUT2D eigenvalue weighted by Crippen LogP contribution is 2.40. The van der Waals surface area contributed by atoms with Crippen molar-refractivity contribution in [3.8, 4) is 0 Å². The van der Waals surface area contributed by atoms with Crippen LogP contribution in [0.4, 0.5) is 22.7 Å². The van der Waals surface area contributed by atoms with Crippen molar-refractivity contribution in [3.05, 3.63) is 94.3 Å². The van der Waals surface area contributed by atoms with Gasteiger partial charge in [0, 0.05) is 18.2 Å². The molecule has 0 fully saturated rings. The third kappa shape index (κ3) is 7.95. The third-order valence-corrected chi connectivity index (χ3v) is 7.79. The summed E-state index contributed by atoms with van der Waals surface area (Å²) in [6.45, 7) is 6.13. The Kier molecular flexibility index (Phi) is 9.19. The number of anilines is 1. The molecule has 0 saturated carbocycles. The van der Waals surface area contributed by atoms with E-state index in [1.807, 2.05) is 24.3 Å². The Bertz CT molecular complexity index is 1640. The van der Waals surface area contributed by atoms with E-state index in [1.54, 1.807) is 24.3 Å². The lowest BCUT2D eigenvalue weighted by Gasteiger charge is -2.21. The molecule has 0 spiro atoms. The molecule has 3 aromatic carbocycles. The third-order valence-electron chi connectivity index (χ3n) is 6.77. The normalized spacial score (nSPS) is 12.6. The minimum atomic E-state index is -4.80. The van der Waals surface area contributed by atoms with Crippen LogP contribution in [-0.4, -0.2) is 34.4 Å². The number of alkyl halides is 3. The highest BCUT2D eigenvalue weighted by molar-refractivity contribution is 7.22. The van der Waals surface area contributed by atoms with Crippen LogP contribution in [0.15, 0.2) is 60.7 Å². The van der Waals surface area contributed by atoms with Gasteiger partial charge in [0.25, 0.3) is 5.91 Å². The molecule has 1 aromatic heterocycles. The van der Waals surface area contributed by atoms with Gasteiger partial charge < -0.3 is 15.7 Å². The molecular weight excluding hydrogens is 586 g/mol. The molecule has 0 aliphatic heterocycles. The van der Waals surface area contributed by atoms with Crippen molar-refractivity contribution in [3.63, 3.8) is 0 Å². The summed E-state index contributed by atoms with van der Waals surface area (Å²) in [4.78, 5) is 40.7. The van der Waals surface area contributed by atoms with Crippen LogP contribution in [0, 0.1) is 5.82 Å². The molecule has 0 aliphatic rings. The lowest BCUT2D eigenvalue weighted by Crippen LogP contribution is -2.26. The quantitative estimate of drug-likeness (QED) is 0.177. The smallest absolute Gasteiger partial charge is 0.417 e. The number of aromatic nitrogens is 1. The Balaban J connectivity index is 1.61. The van der Waals surface area contributed by atoms with E-state index in [2.05, 4.69) is 36.4 Å². The van der Waals surface area contributed by atoms with Gasteiger partial charge in [-0.3, -0.25) is 14.4 Å². The van der Waals surface area contributed by atoms with E-state index in [4.69, 9.17) is 5.11 Å². The molecule has 226 valence electrons. The maximum atomic E-state index is 13.9. The molecule has 2 amide bonds. The van der Waals surface area contributed by atoms with Gasteiger partial charge in [-0.1, -0.05) is 68.5 Å². The first-order chi connectivity index (χ1) is 20.1. The summed E-state index contributed by atoms with van der Waals surface area (Å²) >= 11 is 0.615. The number of aliphatic carboxylic acids is 1. The Labute approximate surface area is 249 Å². The van der Waals surface area contributed by atoms with Crippen LogP contribution in [-0.2, 0) is 27.6 Å². The second-order valence-corrected chi connectivity index (χ2v) is 12.0. The number of hydrogen-bond donors (Lipinski definition) is 3. The van der Waals surface area contributed by atoms with Gasteiger partial charge in [-0.25, -0.2) is 9.37 Å². The number of halogens is 4. The summed E-state index contributed by atoms with van der Waals surface area (Å²) in [7, 11) is 0. The molecule has 7 nitrogen and oxygen atoms in total. The molecule has 1 unspecified atom stereocenters. The number of nitrogens with one attached hydrogen (secondary N) is 2. The first-order valence-corrected chi connectivity index (χ1v) is 14.1. The van der Waals surface area contributed by atoms with Crippen LogP contribution in [0.3, 0.4) is 0 Å². The van der Waals surface area contributed by atoms with E-state index >= 15 is 0 Å². The minimum absolute atomic E-state index is 0.0222. The number of amides is 2. The Hall–Kier alpha value is -4.32. The van der Waals surface area contributed by atoms with Gasteiger partial charge in [-0.15, -0.1) is 0 Å². The standard InChI is InChI=1S/C31H29F4N3O4S/c1-30(2,3)20-10-8-18(9-11-20)22(14-17-4-6-19(7-5-17)27(41)36-13-12-25(39)40)28(42)38-29-37-24-16-21(32)15-23(26(24)43-29)31(33,34)35/h4-11,15-16,22H,12-14H2,1-3H3,(H,36,41)(H,39,40)(H,37,38,42). The van der Waals surface area contributed by atoms with E-state index < -0.39 is 41.3 Å². The summed E-state index contributed by atoms with van der Waals surface area (Å²) in [5, 5.41) is 13.8. The SMILES string of the molecule is CC(C)(C)c1ccc(C(Cc2ccc(C(=O)NCCC(=O)O)cc2)C(=O)Nc2nc3cc(F)cc(C(F)(F)F)c3s2)cc1. The summed E-state index contributed by atoms with van der Waals surface area (Å²) in [6, 6.07) is 15.2. The van der Waals surface area contributed by atoms with Crippen LogP contribution in [0.25, 0.3) is 10.2 Å². The highest BCUT2D eigenvalue weighted by Gasteiger charge is 2.35. The van der Waals surface area contributed by atoms with Crippen LogP contribution >= 0.6 is 11.3 Å². The minimum Gasteiger partial charge on any atom is -0.481 e. The van der Waals surface area contributed by atoms with Crippen molar-refractivity contribution in [2.24, 2.45) is 0 Å². The zero-order valence-corrected chi connectivity index (χ0v) is 24.3. The lowest BCUT2D eigenvalue weighted by atomic mass is 9.84. The topological polar surface area (TPSA) is 108 Å². The molecule has 3 N–H and O–H groups in total. The lowest BCUT2D eigenvalue weighted by molar-refractivity contribution is -0.137. The largest absolute Gasteiger partial charge is 0.481 e. The van der Waals surface area contributed by atoms with Crippen LogP contribution < -0.4 is 10.6 Å². The maximum absolute atomic E-state index is 13.9. The fourth-order valence-electron chi connectivity index (χ4n) is 4.45. The molecule has 0 radical (unpaired) electrons. The zero-order valence-electron chi connectivity index (χ0n) is 23.5. The van der Waals surface area contributed by atoms with Gasteiger partial charge in [0.05, 0.1) is 28.1 Å². The van der Waals surface area contributed by atoms with Crippen LogP contribution in [0.5, 0.6) is 0 Å². The van der Waals surface area contributed by atoms with Crippen molar-refractivity contribution >= 4 is 44.5 Å². The first-order valence-electron chi connectivity index (χ1n) is 13.3. The number of carboxylic acids is 1. The molecule has 0 saturated heterocycles. The Morgan fingerprint density at radius 3 is 2.21 bits per heavy atom. The van der Waals surface area contributed by atoms with E-state index in [9.17, 15) is 31.9 Å². The predicted molar refractivity (Wildman–Crippen MR) is 156 cm³/mol. The first kappa shape index (κ1) is 31.6. The summed E-state index contributed by atoms with van der Waals surface area (Å²) in [5.74, 6) is -3.86. The molecular formula is C31H29F4N3O4S. The van der Waals surface area contributed by atoms with Crippen LogP contribution in [0.2, 0.25) is 0 Å². The number of fused-ring (bicyclic) bond motifs is 1. The number of rotatable bonds is 9. The highest BCUT2D eigenvalue weighted by atomic mass is 32.1. The van der Waals surface area contributed by atoms with E-state index in [0.717, 1.165) is 11.6 Å². The number of carbonyl (C=O) groups excluding carboxylic acids is 2. The summed E-state index contributed by atoms with van der Waals surface area (Å²) < 4.78 is 54.2. The summed E-state index contributed by atoms with van der Waals surface area (Å²) in [6.07, 6.45) is -4.82. The molecule has 12 heteroatoms. The molecule has 0 aliphatic carbocycles. The average molecular weight is 616 g/mol. The Morgan fingerprint density at radius 1 is 0.977 bits per heavy atom. The number of thiazole rings is 1. The van der Waals surface area contributed by atoms with Crippen molar-refractivity contribution in [1.29, 1.82) is 0 Å². The zero-order chi connectivity index (χ0) is 31.5. The van der Waals surface area contributed by atoms with E-state index in [0.29, 0.717) is 34.1 Å². The number of benzene rings is 3. The van der Waals surface area contributed by atoms with Crippen molar-refractivity contribution < 1.29 is 37.1 Å². The fourth-order valence-corrected chi connectivity index (χ4v) is 5.43. The van der Waals surface area contributed by atoms with Gasteiger partial charge in [0.1, 0.15) is 5.82 Å². The number of carboxylic acid groups (broad SMARTS) is 1. The molecule has 4 rings (SSSR count). The molecule has 1 atom stereocenters. The maximum Gasteiger partial charge on any atom is 0.417 e. The fraction of sp³-hybridized carbons (Fsp3) is 0.290. The molecule has 1 heterocycles. The second kappa shape index (κ2) is 12.5. The molecule has 43 heavy (non-hydrogen) atoms. The molecule has 4 aromatic rings. The van der Waals surface area contributed by atoms with Gasteiger partial charge in [-0.2, -0.15) is 13.2 Å². The van der Waals surface area contributed by atoms with Crippen LogP contribution in [0.1, 0.15) is 65.7 Å². The number of carbonyl (C=O) groups is 3. The van der Waals surface area contributed by atoms with Crippen molar-refractivity contribution in [2.75, 3.05) is 11.9 Å². The van der Waals surface area contributed by atoms with E-state index in [1.165, 1.54) is 0 Å². The average Bonchev–Trinajstić information content (AvgIpc) is 3.32. The monoisotopic (exact) mass is 615 g/mol. The number of nitrogens with zero attached hydrogens (tertiary/aromatic N) is 1. The number of hydrogen-bond acceptors (Lipinski definition) is 5. The van der Waals surface area contributed by atoms with Gasteiger partial charge in [-0.05, 0) is 46.7 Å². The van der Waals surface area contributed by atoms with Crippen molar-refractivity contribution in [2.45, 2.75) is 51.1 Å². The van der Waals surface area contributed by atoms with Gasteiger partial charge >= 0.3 is 12.1 Å². The van der Waals surface area contributed by atoms with Gasteiger partial charge in [0.15, 0.2) is 5.13 Å². The second-order valence-electron chi connectivity index (χ2n) is 11.0. The summed E-state index contributed by atoms with van der Waals surface area (Å²) in [5.41, 5.74) is 1.20. The molecule has 0 bridgehead atoms.